The van der Waals surface area contributed by atoms with Gasteiger partial charge in [-0.3, -0.25) is 9.97 Å². The molecule has 4 nitrogen and oxygen atoms in total. The van der Waals surface area contributed by atoms with Crippen LogP contribution < -0.4 is 5.32 Å². The Kier molecular flexibility index (Phi) is 3.47. The van der Waals surface area contributed by atoms with Gasteiger partial charge < -0.3 is 5.32 Å². The van der Waals surface area contributed by atoms with Crippen LogP contribution >= 0.6 is 11.3 Å². The molecule has 0 bridgehead atoms. The summed E-state index contributed by atoms with van der Waals surface area (Å²) in [5.74, 6) is 0.784. The Hall–Kier alpha value is -2.27. The molecule has 0 aliphatic rings. The Morgan fingerprint density at radius 2 is 1.95 bits per heavy atom. The lowest BCUT2D eigenvalue weighted by Gasteiger charge is -2.04. The number of aromatic nitrogens is 3. The Labute approximate surface area is 115 Å². The van der Waals surface area contributed by atoms with Gasteiger partial charge in [0.05, 0.1) is 24.6 Å². The molecular formula is C14H12N4S. The maximum Gasteiger partial charge on any atom is 0.144 e. The van der Waals surface area contributed by atoms with Crippen LogP contribution in [0.15, 0.2) is 54.4 Å². The number of hydrogen-bond acceptors (Lipinski definition) is 5. The molecule has 5 heteroatoms. The van der Waals surface area contributed by atoms with Crippen LogP contribution in [0.2, 0.25) is 0 Å². The molecule has 0 aliphatic heterocycles. The molecule has 1 N–H and O–H groups in total. The molecule has 3 aromatic rings. The smallest absolute Gasteiger partial charge is 0.144 e. The van der Waals surface area contributed by atoms with Gasteiger partial charge in [-0.05, 0) is 23.6 Å². The number of hydrogen-bond donors (Lipinski definition) is 1. The summed E-state index contributed by atoms with van der Waals surface area (Å²) >= 11 is 1.72. The first-order valence-corrected chi connectivity index (χ1v) is 6.78. The van der Waals surface area contributed by atoms with E-state index in [1.165, 1.54) is 4.88 Å². The standard InChI is InChI=1S/C14H12N4S/c1-2-12(19-7-1)8-17-14-10-16-13(9-18-14)11-3-5-15-6-4-11/h1-7,9-10H,8H2,(H,17,18). The van der Waals surface area contributed by atoms with Crippen LogP contribution in [0, 0.1) is 0 Å². The molecule has 0 unspecified atom stereocenters. The number of nitrogens with one attached hydrogen (secondary N) is 1. The van der Waals surface area contributed by atoms with Gasteiger partial charge in [0.25, 0.3) is 0 Å². The minimum Gasteiger partial charge on any atom is -0.364 e. The highest BCUT2D eigenvalue weighted by Crippen LogP contribution is 2.16. The van der Waals surface area contributed by atoms with Crippen molar-refractivity contribution in [2.75, 3.05) is 5.32 Å². The molecule has 0 aromatic carbocycles. The van der Waals surface area contributed by atoms with Crippen molar-refractivity contribution in [2.24, 2.45) is 0 Å². The SMILES string of the molecule is c1csc(CNc2cnc(-c3ccncc3)cn2)c1. The van der Waals surface area contributed by atoms with Gasteiger partial charge >= 0.3 is 0 Å². The van der Waals surface area contributed by atoms with Gasteiger partial charge in [0.15, 0.2) is 0 Å². The molecule has 0 aliphatic carbocycles. The van der Waals surface area contributed by atoms with Crippen LogP contribution in [0.25, 0.3) is 11.3 Å². The number of nitrogens with zero attached hydrogens (tertiary/aromatic N) is 3. The van der Waals surface area contributed by atoms with Crippen LogP contribution in [-0.2, 0) is 6.54 Å². The van der Waals surface area contributed by atoms with Crippen molar-refractivity contribution in [1.29, 1.82) is 0 Å². The van der Waals surface area contributed by atoms with Crippen molar-refractivity contribution in [1.82, 2.24) is 15.0 Å². The van der Waals surface area contributed by atoms with Gasteiger partial charge in [-0.25, -0.2) is 4.98 Å². The van der Waals surface area contributed by atoms with E-state index in [0.717, 1.165) is 23.6 Å². The van der Waals surface area contributed by atoms with E-state index in [2.05, 4.69) is 31.7 Å². The van der Waals surface area contributed by atoms with Gasteiger partial charge in [0, 0.05) is 22.8 Å². The Bertz CT molecular complexity index is 620. The van der Waals surface area contributed by atoms with Crippen LogP contribution in [-0.4, -0.2) is 15.0 Å². The zero-order valence-corrected chi connectivity index (χ0v) is 11.0. The van der Waals surface area contributed by atoms with Gasteiger partial charge in [-0.2, -0.15) is 0 Å². The van der Waals surface area contributed by atoms with E-state index in [1.54, 1.807) is 36.1 Å². The monoisotopic (exact) mass is 268 g/mol. The zero-order chi connectivity index (χ0) is 12.9. The van der Waals surface area contributed by atoms with Crippen molar-refractivity contribution in [2.45, 2.75) is 6.54 Å². The predicted octanol–water partition coefficient (Wildman–Crippen LogP) is 3.21. The number of thiophene rings is 1. The second-order valence-electron chi connectivity index (χ2n) is 3.96. The third kappa shape index (κ3) is 2.95. The van der Waals surface area contributed by atoms with Gasteiger partial charge in [-0.1, -0.05) is 6.07 Å². The zero-order valence-electron chi connectivity index (χ0n) is 10.2. The first-order chi connectivity index (χ1) is 9.42. The Balaban J connectivity index is 1.69. The average Bonchev–Trinajstić information content (AvgIpc) is 3.00. The molecule has 0 radical (unpaired) electrons. The van der Waals surface area contributed by atoms with E-state index < -0.39 is 0 Å². The summed E-state index contributed by atoms with van der Waals surface area (Å²) in [6.45, 7) is 0.779. The van der Waals surface area contributed by atoms with E-state index in [1.807, 2.05) is 18.2 Å². The van der Waals surface area contributed by atoms with Crippen molar-refractivity contribution in [3.05, 3.63) is 59.3 Å². The quantitative estimate of drug-likeness (QED) is 0.789. The van der Waals surface area contributed by atoms with Crippen molar-refractivity contribution < 1.29 is 0 Å². The summed E-state index contributed by atoms with van der Waals surface area (Å²) in [5.41, 5.74) is 1.87. The number of pyridine rings is 1. The fourth-order valence-electron chi connectivity index (χ4n) is 1.68. The average molecular weight is 268 g/mol. The van der Waals surface area contributed by atoms with Gasteiger partial charge in [-0.15, -0.1) is 11.3 Å². The van der Waals surface area contributed by atoms with Crippen LogP contribution in [0.1, 0.15) is 4.88 Å². The molecule has 3 rings (SSSR count). The molecular weight excluding hydrogens is 256 g/mol. The van der Waals surface area contributed by atoms with E-state index >= 15 is 0 Å². The molecule has 0 saturated carbocycles. The van der Waals surface area contributed by atoms with E-state index in [0.29, 0.717) is 0 Å². The second-order valence-corrected chi connectivity index (χ2v) is 4.99. The van der Waals surface area contributed by atoms with Crippen LogP contribution in [0.4, 0.5) is 5.82 Å². The van der Waals surface area contributed by atoms with E-state index in [-0.39, 0.29) is 0 Å². The summed E-state index contributed by atoms with van der Waals surface area (Å²) < 4.78 is 0. The summed E-state index contributed by atoms with van der Waals surface area (Å²) in [6.07, 6.45) is 7.02. The first-order valence-electron chi connectivity index (χ1n) is 5.90. The largest absolute Gasteiger partial charge is 0.364 e. The summed E-state index contributed by atoms with van der Waals surface area (Å²) in [4.78, 5) is 14.0. The lowest BCUT2D eigenvalue weighted by molar-refractivity contribution is 1.11. The highest BCUT2D eigenvalue weighted by Gasteiger charge is 2.00. The van der Waals surface area contributed by atoms with Gasteiger partial charge in [0.1, 0.15) is 5.82 Å². The fourth-order valence-corrected chi connectivity index (χ4v) is 2.33. The highest BCUT2D eigenvalue weighted by atomic mass is 32.1. The third-order valence-electron chi connectivity index (χ3n) is 2.65. The lowest BCUT2D eigenvalue weighted by Crippen LogP contribution is -2.00. The Morgan fingerprint density at radius 1 is 1.05 bits per heavy atom. The molecule has 0 amide bonds. The van der Waals surface area contributed by atoms with E-state index in [9.17, 15) is 0 Å². The normalized spacial score (nSPS) is 10.3. The van der Waals surface area contributed by atoms with Gasteiger partial charge in [0.2, 0.25) is 0 Å². The molecule has 0 saturated heterocycles. The molecule has 3 aromatic heterocycles. The predicted molar refractivity (Wildman–Crippen MR) is 76.9 cm³/mol. The third-order valence-corrected chi connectivity index (χ3v) is 3.53. The molecule has 0 atom stereocenters. The summed E-state index contributed by atoms with van der Waals surface area (Å²) in [6, 6.07) is 7.97. The minimum atomic E-state index is 0.779. The molecule has 94 valence electrons. The maximum absolute atomic E-state index is 4.40. The maximum atomic E-state index is 4.40. The Morgan fingerprint density at radius 3 is 2.63 bits per heavy atom. The van der Waals surface area contributed by atoms with Crippen molar-refractivity contribution >= 4 is 17.2 Å². The van der Waals surface area contributed by atoms with E-state index in [4.69, 9.17) is 0 Å². The number of rotatable bonds is 4. The first kappa shape index (κ1) is 11.8. The second kappa shape index (κ2) is 5.58. The molecule has 19 heavy (non-hydrogen) atoms. The molecule has 3 heterocycles. The molecule has 0 spiro atoms. The van der Waals surface area contributed by atoms with Crippen molar-refractivity contribution in [3.8, 4) is 11.3 Å². The fraction of sp³-hybridized carbons (Fsp3) is 0.0714. The molecule has 0 fully saturated rings. The summed E-state index contributed by atoms with van der Waals surface area (Å²) in [7, 11) is 0. The lowest BCUT2D eigenvalue weighted by atomic mass is 10.2. The summed E-state index contributed by atoms with van der Waals surface area (Å²) in [5, 5.41) is 5.31. The van der Waals surface area contributed by atoms with Crippen LogP contribution in [0.3, 0.4) is 0 Å². The van der Waals surface area contributed by atoms with Crippen molar-refractivity contribution in [3.63, 3.8) is 0 Å². The van der Waals surface area contributed by atoms with Crippen LogP contribution in [0.5, 0.6) is 0 Å². The number of anilines is 1. The topological polar surface area (TPSA) is 50.7 Å². The highest BCUT2D eigenvalue weighted by molar-refractivity contribution is 7.09. The minimum absolute atomic E-state index is 0.779.